The molecule has 0 radical (unpaired) electrons. The van der Waals surface area contributed by atoms with Crippen molar-refractivity contribution >= 4 is 22.6 Å². The van der Waals surface area contributed by atoms with E-state index in [1.54, 1.807) is 0 Å². The Kier molecular flexibility index (Phi) is 5.47. The van der Waals surface area contributed by atoms with Gasteiger partial charge in [0.2, 0.25) is 0 Å². The maximum absolute atomic E-state index is 5.46. The number of nitrogens with zero attached hydrogens (tertiary/aromatic N) is 2. The minimum atomic E-state index is 0.761. The number of ether oxygens (including phenoxy) is 1. The molecule has 0 N–H and O–H groups in total. The van der Waals surface area contributed by atoms with Crippen LogP contribution in [0.2, 0.25) is 0 Å². The van der Waals surface area contributed by atoms with E-state index in [-0.39, 0.29) is 0 Å². The van der Waals surface area contributed by atoms with Crippen molar-refractivity contribution in [2.24, 2.45) is 0 Å². The largest absolute Gasteiger partial charge is 0.380 e. The number of hydrogen-bond acceptors (Lipinski definition) is 2. The molecule has 0 aliphatic carbocycles. The smallest absolute Gasteiger partial charge is 0.126 e. The average molecular weight is 308 g/mol. The van der Waals surface area contributed by atoms with Crippen molar-refractivity contribution in [1.82, 2.24) is 9.78 Å². The Bertz CT molecular complexity index is 254. The highest BCUT2D eigenvalue weighted by Crippen LogP contribution is 2.07. The van der Waals surface area contributed by atoms with Crippen LogP contribution in [0, 0.1) is 10.6 Å². The molecule has 1 aromatic heterocycles. The normalized spacial score (nSPS) is 10.8. The maximum Gasteiger partial charge on any atom is 0.126 e. The van der Waals surface area contributed by atoms with Crippen molar-refractivity contribution in [3.63, 3.8) is 0 Å². The fraction of sp³-hybridized carbons (Fsp3) is 0.700. The fourth-order valence-corrected chi connectivity index (χ4v) is 1.53. The SMILES string of the molecule is CCCCOCCn1cc(C)c(I)n1. The molecule has 0 atom stereocenters. The first-order chi connectivity index (χ1) is 6.74. The predicted octanol–water partition coefficient (Wildman–Crippen LogP) is 2.61. The molecule has 0 saturated heterocycles. The van der Waals surface area contributed by atoms with Crippen LogP contribution in [0.3, 0.4) is 0 Å². The third-order valence-corrected chi connectivity index (χ3v) is 3.06. The lowest BCUT2D eigenvalue weighted by atomic mass is 10.4. The van der Waals surface area contributed by atoms with Gasteiger partial charge in [-0.05, 0) is 35.9 Å². The monoisotopic (exact) mass is 308 g/mol. The first kappa shape index (κ1) is 12.0. The molecule has 0 saturated carbocycles. The molecule has 80 valence electrons. The first-order valence-corrected chi connectivity index (χ1v) is 6.09. The van der Waals surface area contributed by atoms with Gasteiger partial charge in [0.1, 0.15) is 3.70 Å². The van der Waals surface area contributed by atoms with Crippen LogP contribution in [-0.4, -0.2) is 23.0 Å². The minimum Gasteiger partial charge on any atom is -0.380 e. The van der Waals surface area contributed by atoms with Gasteiger partial charge in [-0.3, -0.25) is 4.68 Å². The van der Waals surface area contributed by atoms with E-state index in [1.807, 2.05) is 4.68 Å². The van der Waals surface area contributed by atoms with Crippen molar-refractivity contribution in [2.75, 3.05) is 13.2 Å². The van der Waals surface area contributed by atoms with Crippen LogP contribution < -0.4 is 0 Å². The van der Waals surface area contributed by atoms with Gasteiger partial charge in [0.25, 0.3) is 0 Å². The molecule has 0 fully saturated rings. The summed E-state index contributed by atoms with van der Waals surface area (Å²) >= 11 is 2.25. The summed E-state index contributed by atoms with van der Waals surface area (Å²) in [7, 11) is 0. The van der Waals surface area contributed by atoms with Gasteiger partial charge in [0.05, 0.1) is 13.2 Å². The summed E-state index contributed by atoms with van der Waals surface area (Å²) in [6, 6.07) is 0. The Morgan fingerprint density at radius 1 is 1.50 bits per heavy atom. The lowest BCUT2D eigenvalue weighted by Gasteiger charge is -2.02. The summed E-state index contributed by atoms with van der Waals surface area (Å²) in [4.78, 5) is 0. The van der Waals surface area contributed by atoms with Crippen LogP contribution in [-0.2, 0) is 11.3 Å². The van der Waals surface area contributed by atoms with Gasteiger partial charge in [0, 0.05) is 18.4 Å². The van der Waals surface area contributed by atoms with E-state index >= 15 is 0 Å². The molecule has 3 nitrogen and oxygen atoms in total. The van der Waals surface area contributed by atoms with Crippen LogP contribution in [0.1, 0.15) is 25.3 Å². The molecule has 14 heavy (non-hydrogen) atoms. The van der Waals surface area contributed by atoms with E-state index in [9.17, 15) is 0 Å². The standard InChI is InChI=1S/C10H17IN2O/c1-3-4-6-14-7-5-13-8-9(2)10(11)12-13/h8H,3-7H2,1-2H3. The number of hydrogen-bond donors (Lipinski definition) is 0. The van der Waals surface area contributed by atoms with E-state index in [0.29, 0.717) is 0 Å². The highest BCUT2D eigenvalue weighted by molar-refractivity contribution is 14.1. The Hall–Kier alpha value is -0.100. The molecule has 0 unspecified atom stereocenters. The fourth-order valence-electron chi connectivity index (χ4n) is 1.12. The summed E-state index contributed by atoms with van der Waals surface area (Å²) in [5.74, 6) is 0. The molecule has 0 aliphatic heterocycles. The van der Waals surface area contributed by atoms with Crippen LogP contribution >= 0.6 is 22.6 Å². The first-order valence-electron chi connectivity index (χ1n) is 5.01. The molecular formula is C10H17IN2O. The third kappa shape index (κ3) is 3.96. The zero-order valence-corrected chi connectivity index (χ0v) is 11.0. The second kappa shape index (κ2) is 6.40. The highest BCUT2D eigenvalue weighted by atomic mass is 127. The summed E-state index contributed by atoms with van der Waals surface area (Å²) in [6.07, 6.45) is 4.40. The summed E-state index contributed by atoms with van der Waals surface area (Å²) < 4.78 is 8.49. The van der Waals surface area contributed by atoms with E-state index in [2.05, 4.69) is 47.7 Å². The Morgan fingerprint density at radius 2 is 2.29 bits per heavy atom. The van der Waals surface area contributed by atoms with Gasteiger partial charge < -0.3 is 4.74 Å². The molecule has 4 heteroatoms. The van der Waals surface area contributed by atoms with Gasteiger partial charge >= 0.3 is 0 Å². The van der Waals surface area contributed by atoms with E-state index in [4.69, 9.17) is 4.74 Å². The maximum atomic E-state index is 5.46. The highest BCUT2D eigenvalue weighted by Gasteiger charge is 2.00. The predicted molar refractivity (Wildman–Crippen MR) is 65.4 cm³/mol. The topological polar surface area (TPSA) is 27.1 Å². The lowest BCUT2D eigenvalue weighted by molar-refractivity contribution is 0.121. The molecule has 0 amide bonds. The quantitative estimate of drug-likeness (QED) is 0.597. The number of aromatic nitrogens is 2. The van der Waals surface area contributed by atoms with Crippen molar-refractivity contribution in [2.45, 2.75) is 33.2 Å². The Labute approximate surface area is 99.0 Å². The molecular weight excluding hydrogens is 291 g/mol. The van der Waals surface area contributed by atoms with Gasteiger partial charge in [-0.2, -0.15) is 5.10 Å². The van der Waals surface area contributed by atoms with Gasteiger partial charge in [-0.25, -0.2) is 0 Å². The van der Waals surface area contributed by atoms with Crippen LogP contribution in [0.15, 0.2) is 6.20 Å². The summed E-state index contributed by atoms with van der Waals surface area (Å²) in [5, 5.41) is 4.35. The van der Waals surface area contributed by atoms with Gasteiger partial charge in [-0.15, -0.1) is 0 Å². The Morgan fingerprint density at radius 3 is 2.86 bits per heavy atom. The molecule has 1 heterocycles. The second-order valence-corrected chi connectivity index (χ2v) is 4.35. The minimum absolute atomic E-state index is 0.761. The van der Waals surface area contributed by atoms with Crippen LogP contribution in [0.5, 0.6) is 0 Å². The summed E-state index contributed by atoms with van der Waals surface area (Å²) in [6.45, 7) is 6.73. The lowest BCUT2D eigenvalue weighted by Crippen LogP contribution is -2.07. The van der Waals surface area contributed by atoms with Crippen molar-refractivity contribution < 1.29 is 4.74 Å². The van der Waals surface area contributed by atoms with Crippen molar-refractivity contribution in [3.05, 3.63) is 15.5 Å². The zero-order chi connectivity index (χ0) is 10.4. The molecule has 0 bridgehead atoms. The van der Waals surface area contributed by atoms with Gasteiger partial charge in [0.15, 0.2) is 0 Å². The molecule has 0 spiro atoms. The number of rotatable bonds is 6. The zero-order valence-electron chi connectivity index (χ0n) is 8.79. The summed E-state index contributed by atoms with van der Waals surface area (Å²) in [5.41, 5.74) is 1.24. The van der Waals surface area contributed by atoms with E-state index in [1.165, 1.54) is 12.0 Å². The molecule has 0 aliphatic rings. The third-order valence-electron chi connectivity index (χ3n) is 1.99. The molecule has 1 rings (SSSR count). The van der Waals surface area contributed by atoms with Gasteiger partial charge in [-0.1, -0.05) is 13.3 Å². The number of halogens is 1. The van der Waals surface area contributed by atoms with E-state index in [0.717, 1.165) is 29.9 Å². The van der Waals surface area contributed by atoms with E-state index < -0.39 is 0 Å². The average Bonchev–Trinajstić information content (AvgIpc) is 2.46. The van der Waals surface area contributed by atoms with Crippen LogP contribution in [0.25, 0.3) is 0 Å². The van der Waals surface area contributed by atoms with Crippen molar-refractivity contribution in [1.29, 1.82) is 0 Å². The number of aryl methyl sites for hydroxylation is 1. The van der Waals surface area contributed by atoms with Crippen molar-refractivity contribution in [3.8, 4) is 0 Å². The second-order valence-electron chi connectivity index (χ2n) is 3.33. The molecule has 1 aromatic rings. The molecule has 0 aromatic carbocycles. The number of unbranched alkanes of at least 4 members (excludes halogenated alkanes) is 1. The Balaban J connectivity index is 2.18. The van der Waals surface area contributed by atoms with Crippen LogP contribution in [0.4, 0.5) is 0 Å².